The van der Waals surface area contributed by atoms with Crippen molar-refractivity contribution in [2.45, 2.75) is 19.4 Å². The van der Waals surface area contributed by atoms with Crippen molar-refractivity contribution in [2.75, 3.05) is 6.61 Å². The molecule has 1 atom stereocenters. The van der Waals surface area contributed by atoms with Crippen molar-refractivity contribution >= 4 is 0 Å². The fourth-order valence-corrected chi connectivity index (χ4v) is 1.35. The molecule has 0 bridgehead atoms. The first kappa shape index (κ1) is 7.62. The smallest absolute Gasteiger partial charge is 0.122 e. The molecule has 1 unspecified atom stereocenters. The number of hydrogen-bond donors (Lipinski definition) is 1. The fourth-order valence-electron chi connectivity index (χ4n) is 1.35. The van der Waals surface area contributed by atoms with Gasteiger partial charge in [-0.3, -0.25) is 0 Å². The molecule has 1 saturated heterocycles. The average molecular weight is 164 g/mol. The Bertz CT molecular complexity index is 314. The molecular formula is C10H12O2. The Morgan fingerprint density at radius 2 is 2.17 bits per heavy atom. The summed E-state index contributed by atoms with van der Waals surface area (Å²) in [5.41, 5.74) is 1.74. The molecule has 64 valence electrons. The van der Waals surface area contributed by atoms with Gasteiger partial charge in [-0.25, -0.2) is 0 Å². The highest BCUT2D eigenvalue weighted by Crippen LogP contribution is 2.42. The number of phenolic OH excluding ortho intramolecular Hbond substituents is 1. The molecule has 0 radical (unpaired) electrons. The standard InChI is InChI=1S/C10H12O2/c1-7-3-4-8(9(11)5-7)10(2)6-12-10/h3-5,11H,6H2,1-2H3. The maximum absolute atomic E-state index is 9.59. The summed E-state index contributed by atoms with van der Waals surface area (Å²) in [5, 5.41) is 9.59. The number of rotatable bonds is 1. The molecule has 1 fully saturated rings. The number of hydrogen-bond acceptors (Lipinski definition) is 2. The van der Waals surface area contributed by atoms with Gasteiger partial charge in [-0.1, -0.05) is 12.1 Å². The van der Waals surface area contributed by atoms with E-state index in [1.54, 1.807) is 6.07 Å². The second kappa shape index (κ2) is 2.23. The second-order valence-corrected chi connectivity index (χ2v) is 3.54. The van der Waals surface area contributed by atoms with Crippen LogP contribution in [-0.4, -0.2) is 11.7 Å². The minimum Gasteiger partial charge on any atom is -0.508 e. The molecule has 0 amide bonds. The minimum atomic E-state index is -0.224. The van der Waals surface area contributed by atoms with E-state index in [4.69, 9.17) is 4.74 Å². The molecule has 0 aromatic heterocycles. The van der Waals surface area contributed by atoms with Gasteiger partial charge in [-0.05, 0) is 25.5 Å². The molecule has 1 aliphatic rings. The number of aryl methyl sites for hydroxylation is 1. The fraction of sp³-hybridized carbons (Fsp3) is 0.400. The topological polar surface area (TPSA) is 32.8 Å². The predicted octanol–water partition coefficient (Wildman–Crippen LogP) is 1.95. The predicted molar refractivity (Wildman–Crippen MR) is 46.1 cm³/mol. The molecule has 2 heteroatoms. The Balaban J connectivity index is 2.45. The minimum absolute atomic E-state index is 0.224. The lowest BCUT2D eigenvalue weighted by Crippen LogP contribution is -2.02. The van der Waals surface area contributed by atoms with Crippen molar-refractivity contribution in [3.05, 3.63) is 29.3 Å². The maximum atomic E-state index is 9.59. The van der Waals surface area contributed by atoms with Gasteiger partial charge in [-0.15, -0.1) is 0 Å². The normalized spacial score (nSPS) is 27.2. The van der Waals surface area contributed by atoms with E-state index >= 15 is 0 Å². The van der Waals surface area contributed by atoms with Gasteiger partial charge in [0, 0.05) is 5.56 Å². The van der Waals surface area contributed by atoms with Crippen LogP contribution < -0.4 is 0 Å². The van der Waals surface area contributed by atoms with Crippen molar-refractivity contribution in [2.24, 2.45) is 0 Å². The molecule has 1 aromatic carbocycles. The molecule has 0 aliphatic carbocycles. The van der Waals surface area contributed by atoms with Gasteiger partial charge in [-0.2, -0.15) is 0 Å². The Hall–Kier alpha value is -1.02. The number of ether oxygens (including phenoxy) is 1. The quantitative estimate of drug-likeness (QED) is 0.643. The monoisotopic (exact) mass is 164 g/mol. The van der Waals surface area contributed by atoms with Crippen LogP contribution in [0.2, 0.25) is 0 Å². The second-order valence-electron chi connectivity index (χ2n) is 3.54. The summed E-state index contributed by atoms with van der Waals surface area (Å²) in [6.07, 6.45) is 0. The van der Waals surface area contributed by atoms with Crippen LogP contribution in [0.1, 0.15) is 18.1 Å². The molecule has 1 aliphatic heterocycles. The van der Waals surface area contributed by atoms with Crippen LogP contribution in [0.4, 0.5) is 0 Å². The zero-order chi connectivity index (χ0) is 8.77. The summed E-state index contributed by atoms with van der Waals surface area (Å²) in [6, 6.07) is 5.68. The first-order valence-electron chi connectivity index (χ1n) is 4.06. The van der Waals surface area contributed by atoms with E-state index in [0.29, 0.717) is 12.4 Å². The number of aromatic hydroxyl groups is 1. The zero-order valence-corrected chi connectivity index (χ0v) is 7.29. The SMILES string of the molecule is Cc1ccc(C2(C)CO2)c(O)c1. The molecule has 1 heterocycles. The molecule has 1 aromatic rings. The van der Waals surface area contributed by atoms with Crippen LogP contribution in [0.15, 0.2) is 18.2 Å². The third kappa shape index (κ3) is 1.08. The lowest BCUT2D eigenvalue weighted by Gasteiger charge is -2.08. The van der Waals surface area contributed by atoms with Crippen molar-refractivity contribution in [3.8, 4) is 5.75 Å². The number of benzene rings is 1. The van der Waals surface area contributed by atoms with Crippen LogP contribution >= 0.6 is 0 Å². The van der Waals surface area contributed by atoms with Crippen LogP contribution in [0.25, 0.3) is 0 Å². The third-order valence-electron chi connectivity index (χ3n) is 2.30. The highest BCUT2D eigenvalue weighted by Gasteiger charge is 2.42. The molecule has 2 nitrogen and oxygen atoms in total. The van der Waals surface area contributed by atoms with Gasteiger partial charge in [0.2, 0.25) is 0 Å². The van der Waals surface area contributed by atoms with E-state index in [1.807, 2.05) is 26.0 Å². The van der Waals surface area contributed by atoms with Crippen LogP contribution in [0.3, 0.4) is 0 Å². The van der Waals surface area contributed by atoms with Gasteiger partial charge < -0.3 is 9.84 Å². The molecule has 0 saturated carbocycles. The Labute approximate surface area is 71.8 Å². The van der Waals surface area contributed by atoms with E-state index in [2.05, 4.69) is 0 Å². The summed E-state index contributed by atoms with van der Waals surface area (Å²) in [7, 11) is 0. The van der Waals surface area contributed by atoms with Crippen molar-refractivity contribution in [3.63, 3.8) is 0 Å². The summed E-state index contributed by atoms with van der Waals surface area (Å²) in [4.78, 5) is 0. The van der Waals surface area contributed by atoms with Gasteiger partial charge in [0.15, 0.2) is 0 Å². The van der Waals surface area contributed by atoms with Crippen LogP contribution in [-0.2, 0) is 10.3 Å². The van der Waals surface area contributed by atoms with Gasteiger partial charge in [0.1, 0.15) is 11.4 Å². The van der Waals surface area contributed by atoms with E-state index in [0.717, 1.165) is 11.1 Å². The number of epoxide rings is 1. The largest absolute Gasteiger partial charge is 0.508 e. The van der Waals surface area contributed by atoms with Gasteiger partial charge in [0.25, 0.3) is 0 Å². The highest BCUT2D eigenvalue weighted by atomic mass is 16.6. The summed E-state index contributed by atoms with van der Waals surface area (Å²) in [5.74, 6) is 0.343. The van der Waals surface area contributed by atoms with Crippen LogP contribution in [0, 0.1) is 6.92 Å². The summed E-state index contributed by atoms with van der Waals surface area (Å²) >= 11 is 0. The average Bonchev–Trinajstić information content (AvgIpc) is 2.68. The van der Waals surface area contributed by atoms with Crippen LogP contribution in [0.5, 0.6) is 5.75 Å². The zero-order valence-electron chi connectivity index (χ0n) is 7.29. The van der Waals surface area contributed by atoms with Gasteiger partial charge >= 0.3 is 0 Å². The van der Waals surface area contributed by atoms with E-state index in [9.17, 15) is 5.11 Å². The van der Waals surface area contributed by atoms with E-state index in [-0.39, 0.29) is 5.60 Å². The molecule has 1 N–H and O–H groups in total. The van der Waals surface area contributed by atoms with Crippen molar-refractivity contribution in [1.82, 2.24) is 0 Å². The van der Waals surface area contributed by atoms with Crippen molar-refractivity contribution in [1.29, 1.82) is 0 Å². The van der Waals surface area contributed by atoms with Gasteiger partial charge in [0.05, 0.1) is 6.61 Å². The molecule has 0 spiro atoms. The molecule has 12 heavy (non-hydrogen) atoms. The molecule has 2 rings (SSSR count). The third-order valence-corrected chi connectivity index (χ3v) is 2.30. The number of phenols is 1. The lowest BCUT2D eigenvalue weighted by molar-refractivity contribution is 0.320. The Morgan fingerprint density at radius 3 is 2.67 bits per heavy atom. The Kier molecular flexibility index (Phi) is 1.42. The van der Waals surface area contributed by atoms with Crippen molar-refractivity contribution < 1.29 is 9.84 Å². The van der Waals surface area contributed by atoms with E-state index in [1.165, 1.54) is 0 Å². The molecular weight excluding hydrogens is 152 g/mol. The summed E-state index contributed by atoms with van der Waals surface area (Å²) in [6.45, 7) is 4.65. The Morgan fingerprint density at radius 1 is 1.50 bits per heavy atom. The first-order valence-corrected chi connectivity index (χ1v) is 4.06. The highest BCUT2D eigenvalue weighted by molar-refractivity contribution is 5.41. The summed E-state index contributed by atoms with van der Waals surface area (Å²) < 4.78 is 5.24. The lowest BCUT2D eigenvalue weighted by atomic mass is 10.00. The maximum Gasteiger partial charge on any atom is 0.122 e. The van der Waals surface area contributed by atoms with E-state index < -0.39 is 0 Å². The first-order chi connectivity index (χ1) is 5.62.